The lowest BCUT2D eigenvalue weighted by Gasteiger charge is -2.42. The molecule has 0 radical (unpaired) electrons. The van der Waals surface area contributed by atoms with E-state index in [-0.39, 0.29) is 23.5 Å². The Kier molecular flexibility index (Phi) is 5.08. The van der Waals surface area contributed by atoms with Gasteiger partial charge in [-0.05, 0) is 44.7 Å². The molecular formula is C16H30N2O2. The van der Waals surface area contributed by atoms with E-state index < -0.39 is 0 Å². The molecule has 1 saturated heterocycles. The molecule has 116 valence electrons. The Bertz CT molecular complexity index is 329. The van der Waals surface area contributed by atoms with Gasteiger partial charge in [-0.15, -0.1) is 0 Å². The molecular weight excluding hydrogens is 252 g/mol. The van der Waals surface area contributed by atoms with Crippen molar-refractivity contribution in [3.63, 3.8) is 0 Å². The fourth-order valence-corrected chi connectivity index (χ4v) is 3.61. The van der Waals surface area contributed by atoms with Gasteiger partial charge in [-0.25, -0.2) is 0 Å². The number of aliphatic hydroxyl groups excluding tert-OH is 1. The normalized spacial score (nSPS) is 27.1. The van der Waals surface area contributed by atoms with Gasteiger partial charge in [0.1, 0.15) is 0 Å². The number of nitrogens with one attached hydrogen (secondary N) is 2. The number of hydrogen-bond donors (Lipinski definition) is 3. The van der Waals surface area contributed by atoms with Crippen molar-refractivity contribution in [1.29, 1.82) is 0 Å². The Morgan fingerprint density at radius 1 is 1.30 bits per heavy atom. The second-order valence-corrected chi connectivity index (χ2v) is 7.22. The Hall–Kier alpha value is -0.610. The standard InChI is InChI=1S/C16H30N2O2/c1-15(2,13-7-6-10-17-11-13)14(20)18-16(12-19)8-4-3-5-9-16/h13,17,19H,3-12H2,1-2H3,(H,18,20). The Morgan fingerprint density at radius 3 is 2.55 bits per heavy atom. The second-order valence-electron chi connectivity index (χ2n) is 7.22. The van der Waals surface area contributed by atoms with Crippen LogP contribution in [0.25, 0.3) is 0 Å². The number of carbonyl (C=O) groups is 1. The predicted octanol–water partition coefficient (Wildman–Crippen LogP) is 1.82. The number of amides is 1. The fourth-order valence-electron chi connectivity index (χ4n) is 3.61. The third-order valence-corrected chi connectivity index (χ3v) is 5.39. The third-order valence-electron chi connectivity index (χ3n) is 5.39. The van der Waals surface area contributed by atoms with E-state index in [2.05, 4.69) is 10.6 Å². The summed E-state index contributed by atoms with van der Waals surface area (Å²) >= 11 is 0. The van der Waals surface area contributed by atoms with E-state index in [4.69, 9.17) is 0 Å². The first-order valence-electron chi connectivity index (χ1n) is 8.14. The van der Waals surface area contributed by atoms with Gasteiger partial charge < -0.3 is 15.7 Å². The van der Waals surface area contributed by atoms with Crippen molar-refractivity contribution in [2.45, 2.75) is 64.3 Å². The predicted molar refractivity (Wildman–Crippen MR) is 80.4 cm³/mol. The number of aliphatic hydroxyl groups is 1. The van der Waals surface area contributed by atoms with E-state index >= 15 is 0 Å². The molecule has 0 aromatic heterocycles. The van der Waals surface area contributed by atoms with Crippen molar-refractivity contribution in [1.82, 2.24) is 10.6 Å². The van der Waals surface area contributed by atoms with Gasteiger partial charge in [0.25, 0.3) is 0 Å². The first-order valence-corrected chi connectivity index (χ1v) is 8.14. The van der Waals surface area contributed by atoms with Crippen LogP contribution in [0.3, 0.4) is 0 Å². The van der Waals surface area contributed by atoms with E-state index in [0.717, 1.165) is 51.6 Å². The highest BCUT2D eigenvalue weighted by atomic mass is 16.3. The molecule has 0 aromatic carbocycles. The minimum absolute atomic E-state index is 0.0672. The highest BCUT2D eigenvalue weighted by molar-refractivity contribution is 5.83. The van der Waals surface area contributed by atoms with Crippen molar-refractivity contribution < 1.29 is 9.90 Å². The van der Waals surface area contributed by atoms with Crippen LogP contribution in [0, 0.1) is 11.3 Å². The monoisotopic (exact) mass is 282 g/mol. The van der Waals surface area contributed by atoms with Crippen molar-refractivity contribution in [2.24, 2.45) is 11.3 Å². The third kappa shape index (κ3) is 3.34. The molecule has 0 bridgehead atoms. The zero-order valence-electron chi connectivity index (χ0n) is 13.0. The zero-order valence-corrected chi connectivity index (χ0v) is 13.0. The maximum atomic E-state index is 12.7. The van der Waals surface area contributed by atoms with E-state index in [0.29, 0.717) is 5.92 Å². The molecule has 0 aromatic rings. The van der Waals surface area contributed by atoms with Gasteiger partial charge in [0, 0.05) is 5.41 Å². The summed E-state index contributed by atoms with van der Waals surface area (Å²) in [5.74, 6) is 0.498. The van der Waals surface area contributed by atoms with Crippen LogP contribution < -0.4 is 10.6 Å². The molecule has 0 spiro atoms. The molecule has 4 heteroatoms. The number of piperidine rings is 1. The highest BCUT2D eigenvalue weighted by Crippen LogP contribution is 2.34. The molecule has 4 nitrogen and oxygen atoms in total. The lowest BCUT2D eigenvalue weighted by Crippen LogP contribution is -2.58. The zero-order chi connectivity index (χ0) is 14.6. The Labute approximate surface area is 122 Å². The van der Waals surface area contributed by atoms with E-state index in [9.17, 15) is 9.90 Å². The minimum atomic E-state index is -0.368. The smallest absolute Gasteiger partial charge is 0.226 e. The number of hydrogen-bond acceptors (Lipinski definition) is 3. The van der Waals surface area contributed by atoms with Crippen LogP contribution >= 0.6 is 0 Å². The lowest BCUT2D eigenvalue weighted by atomic mass is 9.73. The average Bonchev–Trinajstić information content (AvgIpc) is 2.49. The number of rotatable bonds is 4. The Balaban J connectivity index is 2.01. The summed E-state index contributed by atoms with van der Waals surface area (Å²) in [4.78, 5) is 12.7. The van der Waals surface area contributed by atoms with Crippen molar-refractivity contribution >= 4 is 5.91 Å². The summed E-state index contributed by atoms with van der Waals surface area (Å²) in [6.07, 6.45) is 7.50. The largest absolute Gasteiger partial charge is 0.394 e. The molecule has 2 rings (SSSR count). The van der Waals surface area contributed by atoms with Gasteiger partial charge in [0.2, 0.25) is 5.91 Å². The van der Waals surface area contributed by atoms with Gasteiger partial charge in [0.15, 0.2) is 0 Å². The molecule has 1 heterocycles. The van der Waals surface area contributed by atoms with E-state index in [1.807, 2.05) is 13.8 Å². The quantitative estimate of drug-likeness (QED) is 0.737. The summed E-state index contributed by atoms with van der Waals surface area (Å²) in [6.45, 7) is 6.15. The molecule has 3 N–H and O–H groups in total. The molecule has 1 aliphatic heterocycles. The highest BCUT2D eigenvalue weighted by Gasteiger charge is 2.41. The molecule has 2 fully saturated rings. The second kappa shape index (κ2) is 6.44. The first-order chi connectivity index (χ1) is 9.50. The van der Waals surface area contributed by atoms with Crippen LogP contribution in [0.1, 0.15) is 58.8 Å². The fraction of sp³-hybridized carbons (Fsp3) is 0.938. The van der Waals surface area contributed by atoms with Gasteiger partial charge in [-0.1, -0.05) is 33.1 Å². The van der Waals surface area contributed by atoms with Gasteiger partial charge in [0.05, 0.1) is 12.1 Å². The van der Waals surface area contributed by atoms with Crippen LogP contribution in [0.2, 0.25) is 0 Å². The van der Waals surface area contributed by atoms with Crippen LogP contribution in [-0.2, 0) is 4.79 Å². The maximum Gasteiger partial charge on any atom is 0.226 e. The number of carbonyl (C=O) groups excluding carboxylic acids is 1. The summed E-state index contributed by atoms with van der Waals surface area (Å²) in [5.41, 5.74) is -0.734. The van der Waals surface area contributed by atoms with Crippen molar-refractivity contribution in [2.75, 3.05) is 19.7 Å². The summed E-state index contributed by atoms with van der Waals surface area (Å²) in [6, 6.07) is 0. The molecule has 1 amide bonds. The van der Waals surface area contributed by atoms with E-state index in [1.165, 1.54) is 6.42 Å². The van der Waals surface area contributed by atoms with Crippen molar-refractivity contribution in [3.05, 3.63) is 0 Å². The molecule has 2 aliphatic rings. The topological polar surface area (TPSA) is 61.4 Å². The summed E-state index contributed by atoms with van der Waals surface area (Å²) in [7, 11) is 0. The van der Waals surface area contributed by atoms with Crippen LogP contribution in [0.15, 0.2) is 0 Å². The average molecular weight is 282 g/mol. The summed E-state index contributed by atoms with van der Waals surface area (Å²) in [5, 5.41) is 16.3. The maximum absolute atomic E-state index is 12.7. The molecule has 20 heavy (non-hydrogen) atoms. The molecule has 1 atom stereocenters. The minimum Gasteiger partial charge on any atom is -0.394 e. The molecule has 1 saturated carbocycles. The summed E-state index contributed by atoms with van der Waals surface area (Å²) < 4.78 is 0. The van der Waals surface area contributed by atoms with Crippen LogP contribution in [0.4, 0.5) is 0 Å². The Morgan fingerprint density at radius 2 is 2.00 bits per heavy atom. The lowest BCUT2D eigenvalue weighted by molar-refractivity contribution is -0.135. The van der Waals surface area contributed by atoms with Crippen LogP contribution in [0.5, 0.6) is 0 Å². The van der Waals surface area contributed by atoms with Crippen LogP contribution in [-0.4, -0.2) is 36.2 Å². The molecule has 1 aliphatic carbocycles. The van der Waals surface area contributed by atoms with E-state index in [1.54, 1.807) is 0 Å². The van der Waals surface area contributed by atoms with Gasteiger partial charge in [-0.2, -0.15) is 0 Å². The van der Waals surface area contributed by atoms with Gasteiger partial charge in [-0.3, -0.25) is 4.79 Å². The van der Waals surface area contributed by atoms with Crippen molar-refractivity contribution in [3.8, 4) is 0 Å². The van der Waals surface area contributed by atoms with Gasteiger partial charge >= 0.3 is 0 Å². The first kappa shape index (κ1) is 15.8. The SMILES string of the molecule is CC(C)(C(=O)NC1(CO)CCCCC1)C1CCCNC1. The molecule has 1 unspecified atom stereocenters.